The summed E-state index contributed by atoms with van der Waals surface area (Å²) in [6.45, 7) is 0. The molecule has 1 heterocycles. The first kappa shape index (κ1) is 16.3. The van der Waals surface area contributed by atoms with Crippen molar-refractivity contribution in [2.75, 3.05) is 11.5 Å². The van der Waals surface area contributed by atoms with Crippen LogP contribution in [-0.2, 0) is 14.6 Å². The van der Waals surface area contributed by atoms with Gasteiger partial charge < -0.3 is 0 Å². The lowest BCUT2D eigenvalue weighted by Gasteiger charge is -2.05. The molecule has 0 aliphatic carbocycles. The second-order valence-corrected chi connectivity index (χ2v) is 7.94. The van der Waals surface area contributed by atoms with E-state index >= 15 is 0 Å². The van der Waals surface area contributed by atoms with Crippen molar-refractivity contribution < 1.29 is 13.2 Å². The number of hydrogen-bond donors (Lipinski definition) is 1. The van der Waals surface area contributed by atoms with Crippen LogP contribution in [0, 0.1) is 5.92 Å². The maximum absolute atomic E-state index is 11.7. The van der Waals surface area contributed by atoms with Gasteiger partial charge >= 0.3 is 0 Å². The standard InChI is InChI=1S/C13H14Cl2N2O3S/c14-11-2-1-3-12(15)10(11)7-16-17-13(18)6-9-4-5-21(19,20)8-9/h1-3,7,9H,4-6,8H2,(H,17,18)/b16-7-/t9-/m1/s1. The molecule has 2 rings (SSSR count). The maximum atomic E-state index is 11.7. The monoisotopic (exact) mass is 348 g/mol. The average molecular weight is 349 g/mol. The van der Waals surface area contributed by atoms with Gasteiger partial charge in [0.05, 0.1) is 27.8 Å². The number of hydrogen-bond acceptors (Lipinski definition) is 4. The molecule has 1 aromatic rings. The molecule has 1 fully saturated rings. The van der Waals surface area contributed by atoms with Crippen LogP contribution in [-0.4, -0.2) is 32.0 Å². The maximum Gasteiger partial charge on any atom is 0.240 e. The Balaban J connectivity index is 1.88. The Kier molecular flexibility index (Phi) is 5.24. The van der Waals surface area contributed by atoms with Crippen molar-refractivity contribution in [1.29, 1.82) is 0 Å². The summed E-state index contributed by atoms with van der Waals surface area (Å²) in [5.41, 5.74) is 2.88. The fourth-order valence-electron chi connectivity index (χ4n) is 2.14. The number of carbonyl (C=O) groups is 1. The first-order chi connectivity index (χ1) is 9.87. The van der Waals surface area contributed by atoms with Gasteiger partial charge in [-0.15, -0.1) is 0 Å². The van der Waals surface area contributed by atoms with Crippen LogP contribution in [0.4, 0.5) is 0 Å². The number of halogens is 2. The summed E-state index contributed by atoms with van der Waals surface area (Å²) < 4.78 is 22.6. The van der Waals surface area contributed by atoms with E-state index in [9.17, 15) is 13.2 Å². The quantitative estimate of drug-likeness (QED) is 0.669. The molecule has 1 N–H and O–H groups in total. The molecule has 5 nitrogen and oxygen atoms in total. The van der Waals surface area contributed by atoms with Crippen molar-refractivity contribution in [1.82, 2.24) is 5.43 Å². The predicted octanol–water partition coefficient (Wildman–Crippen LogP) is 2.27. The third-order valence-corrected chi connectivity index (χ3v) is 5.68. The molecular formula is C13H14Cl2N2O3S. The molecule has 8 heteroatoms. The van der Waals surface area contributed by atoms with Gasteiger partial charge in [-0.05, 0) is 24.5 Å². The highest BCUT2D eigenvalue weighted by atomic mass is 35.5. The van der Waals surface area contributed by atoms with Crippen molar-refractivity contribution in [3.05, 3.63) is 33.8 Å². The van der Waals surface area contributed by atoms with E-state index in [1.807, 2.05) is 0 Å². The Morgan fingerprint density at radius 2 is 2.05 bits per heavy atom. The number of benzene rings is 1. The van der Waals surface area contributed by atoms with Gasteiger partial charge in [0.25, 0.3) is 0 Å². The minimum absolute atomic E-state index is 0.0699. The van der Waals surface area contributed by atoms with Gasteiger partial charge in [-0.1, -0.05) is 29.3 Å². The Labute approximate surface area is 133 Å². The molecule has 1 saturated heterocycles. The highest BCUT2D eigenvalue weighted by Gasteiger charge is 2.29. The molecule has 0 saturated carbocycles. The largest absolute Gasteiger partial charge is 0.273 e. The van der Waals surface area contributed by atoms with E-state index in [1.54, 1.807) is 18.2 Å². The van der Waals surface area contributed by atoms with Crippen LogP contribution < -0.4 is 5.43 Å². The third kappa shape index (κ3) is 4.69. The van der Waals surface area contributed by atoms with Crippen molar-refractivity contribution in [3.8, 4) is 0 Å². The molecule has 0 aromatic heterocycles. The lowest BCUT2D eigenvalue weighted by atomic mass is 10.1. The normalized spacial score (nSPS) is 20.8. The zero-order chi connectivity index (χ0) is 15.5. The Morgan fingerprint density at radius 1 is 1.38 bits per heavy atom. The fourth-order valence-corrected chi connectivity index (χ4v) is 4.50. The summed E-state index contributed by atoms with van der Waals surface area (Å²) in [6, 6.07) is 5.04. The third-order valence-electron chi connectivity index (χ3n) is 3.18. The molecule has 0 unspecified atom stereocenters. The molecule has 0 radical (unpaired) electrons. The molecule has 21 heavy (non-hydrogen) atoms. The zero-order valence-electron chi connectivity index (χ0n) is 11.1. The molecule has 114 valence electrons. The smallest absolute Gasteiger partial charge is 0.240 e. The number of nitrogens with one attached hydrogen (secondary N) is 1. The summed E-state index contributed by atoms with van der Waals surface area (Å²) in [6.07, 6.45) is 2.04. The summed E-state index contributed by atoms with van der Waals surface area (Å²) in [4.78, 5) is 11.7. The van der Waals surface area contributed by atoms with Crippen molar-refractivity contribution in [2.45, 2.75) is 12.8 Å². The molecule has 1 aromatic carbocycles. The number of rotatable bonds is 4. The minimum atomic E-state index is -2.97. The summed E-state index contributed by atoms with van der Waals surface area (Å²) in [5.74, 6) is -0.227. The van der Waals surface area contributed by atoms with Gasteiger partial charge in [0, 0.05) is 12.0 Å². The second kappa shape index (κ2) is 6.77. The average Bonchev–Trinajstić information content (AvgIpc) is 2.72. The number of nitrogens with zero attached hydrogens (tertiary/aromatic N) is 1. The lowest BCUT2D eigenvalue weighted by Crippen LogP contribution is -2.21. The molecule has 1 amide bonds. The van der Waals surface area contributed by atoms with Crippen LogP contribution in [0.25, 0.3) is 0 Å². The number of carbonyl (C=O) groups excluding carboxylic acids is 1. The lowest BCUT2D eigenvalue weighted by molar-refractivity contribution is -0.121. The number of hydrazone groups is 1. The Bertz CT molecular complexity index is 654. The van der Waals surface area contributed by atoms with Crippen LogP contribution >= 0.6 is 23.2 Å². The molecule has 1 aliphatic rings. The summed E-state index contributed by atoms with van der Waals surface area (Å²) in [7, 11) is -2.97. The van der Waals surface area contributed by atoms with Gasteiger partial charge in [0.1, 0.15) is 0 Å². The SMILES string of the molecule is O=C(C[C@H]1CCS(=O)(=O)C1)N/N=C\c1c(Cl)cccc1Cl. The summed E-state index contributed by atoms with van der Waals surface area (Å²) in [5, 5.41) is 4.66. The van der Waals surface area contributed by atoms with E-state index < -0.39 is 9.84 Å². The zero-order valence-corrected chi connectivity index (χ0v) is 13.4. The first-order valence-corrected chi connectivity index (χ1v) is 8.91. The number of sulfone groups is 1. The van der Waals surface area contributed by atoms with Gasteiger partial charge in [-0.25, -0.2) is 13.8 Å². The molecule has 1 aliphatic heterocycles. The van der Waals surface area contributed by atoms with Gasteiger partial charge in [-0.2, -0.15) is 5.10 Å². The Morgan fingerprint density at radius 3 is 2.62 bits per heavy atom. The van der Waals surface area contributed by atoms with Crippen LogP contribution in [0.15, 0.2) is 23.3 Å². The topological polar surface area (TPSA) is 75.6 Å². The van der Waals surface area contributed by atoms with E-state index in [0.717, 1.165) is 0 Å². The molecule has 0 bridgehead atoms. The molecule has 1 atom stereocenters. The highest BCUT2D eigenvalue weighted by Crippen LogP contribution is 2.22. The molecule has 0 spiro atoms. The van der Waals surface area contributed by atoms with Crippen LogP contribution in [0.1, 0.15) is 18.4 Å². The fraction of sp³-hybridized carbons (Fsp3) is 0.385. The van der Waals surface area contributed by atoms with E-state index in [1.165, 1.54) is 6.21 Å². The highest BCUT2D eigenvalue weighted by molar-refractivity contribution is 7.91. The number of amides is 1. The second-order valence-electron chi connectivity index (χ2n) is 4.90. The van der Waals surface area contributed by atoms with Crippen molar-refractivity contribution >= 4 is 45.2 Å². The van der Waals surface area contributed by atoms with Gasteiger partial charge in [0.15, 0.2) is 9.84 Å². The van der Waals surface area contributed by atoms with Crippen molar-refractivity contribution in [3.63, 3.8) is 0 Å². The van der Waals surface area contributed by atoms with E-state index in [4.69, 9.17) is 23.2 Å². The van der Waals surface area contributed by atoms with Gasteiger partial charge in [-0.3, -0.25) is 4.79 Å². The van der Waals surface area contributed by atoms with E-state index in [2.05, 4.69) is 10.5 Å². The summed E-state index contributed by atoms with van der Waals surface area (Å²) >= 11 is 11.9. The van der Waals surface area contributed by atoms with Crippen LogP contribution in [0.2, 0.25) is 10.0 Å². The first-order valence-electron chi connectivity index (χ1n) is 6.34. The van der Waals surface area contributed by atoms with Crippen LogP contribution in [0.5, 0.6) is 0 Å². The van der Waals surface area contributed by atoms with Crippen LogP contribution in [0.3, 0.4) is 0 Å². The van der Waals surface area contributed by atoms with E-state index in [-0.39, 0.29) is 29.8 Å². The Hall–Kier alpha value is -1.11. The molecular weight excluding hydrogens is 335 g/mol. The van der Waals surface area contributed by atoms with Crippen molar-refractivity contribution in [2.24, 2.45) is 11.0 Å². The van der Waals surface area contributed by atoms with Gasteiger partial charge in [0.2, 0.25) is 5.91 Å². The minimum Gasteiger partial charge on any atom is -0.273 e. The van der Waals surface area contributed by atoms with E-state index in [0.29, 0.717) is 22.0 Å². The predicted molar refractivity (Wildman–Crippen MR) is 83.6 cm³/mol.